The summed E-state index contributed by atoms with van der Waals surface area (Å²) in [5, 5.41) is 0.543. The third kappa shape index (κ3) is 4.30. The van der Waals surface area contributed by atoms with E-state index < -0.39 is 57.7 Å². The second-order valence-electron chi connectivity index (χ2n) is 12.6. The highest BCUT2D eigenvalue weighted by Crippen LogP contribution is 2.74. The molecule has 1 heterocycles. The standard InChI is InChI=1S/C40H23Cl3F3NO3/c41-27-16-11-24(12-17-27)38-31(22-7-3-1-4-8-22)32(23-9-5-2-6-10-23)39(37(38)50,25-13-18-28(42)19-14-25)34-33(38)35(48)47(36(34)49)30-21-26(40(44,45)46)15-20-29(30)43/h1-21,33-34H/t33-,34-,38-,39+/m1/s1. The number of ketones is 1. The van der Waals surface area contributed by atoms with Crippen molar-refractivity contribution in [3.63, 3.8) is 0 Å². The maximum Gasteiger partial charge on any atom is 0.416 e. The van der Waals surface area contributed by atoms with Crippen LogP contribution >= 0.6 is 34.8 Å². The van der Waals surface area contributed by atoms with E-state index in [9.17, 15) is 13.2 Å². The number of hydrogen-bond donors (Lipinski definition) is 0. The molecule has 248 valence electrons. The maximum atomic E-state index is 15.9. The smallest absolute Gasteiger partial charge is 0.297 e. The molecule has 0 spiro atoms. The van der Waals surface area contributed by atoms with Gasteiger partial charge in [-0.25, -0.2) is 4.90 Å². The molecule has 8 rings (SSSR count). The first-order valence-corrected chi connectivity index (χ1v) is 16.7. The van der Waals surface area contributed by atoms with Crippen LogP contribution in [0.5, 0.6) is 0 Å². The minimum absolute atomic E-state index is 0.223. The molecule has 2 fully saturated rings. The number of hydrogen-bond acceptors (Lipinski definition) is 3. The molecular weight excluding hydrogens is 706 g/mol. The zero-order valence-electron chi connectivity index (χ0n) is 25.7. The Balaban J connectivity index is 1.53. The highest BCUT2D eigenvalue weighted by Gasteiger charge is 2.82. The van der Waals surface area contributed by atoms with Crippen molar-refractivity contribution in [3.05, 3.63) is 170 Å². The number of carbonyl (C=O) groups is 3. The van der Waals surface area contributed by atoms with Crippen LogP contribution in [-0.4, -0.2) is 17.6 Å². The topological polar surface area (TPSA) is 54.5 Å². The van der Waals surface area contributed by atoms with Gasteiger partial charge in [-0.05, 0) is 75.9 Å². The van der Waals surface area contributed by atoms with Crippen LogP contribution in [0.2, 0.25) is 15.1 Å². The molecule has 5 aromatic carbocycles. The van der Waals surface area contributed by atoms with Crippen molar-refractivity contribution < 1.29 is 27.6 Å². The molecule has 2 bridgehead atoms. The first-order valence-electron chi connectivity index (χ1n) is 15.6. The molecule has 0 unspecified atom stereocenters. The summed E-state index contributed by atoms with van der Waals surface area (Å²) >= 11 is 19.2. The van der Waals surface area contributed by atoms with Crippen molar-refractivity contribution in [2.24, 2.45) is 11.8 Å². The Labute approximate surface area is 299 Å². The minimum Gasteiger partial charge on any atom is -0.297 e. The number of alkyl halides is 3. The van der Waals surface area contributed by atoms with E-state index in [4.69, 9.17) is 34.8 Å². The van der Waals surface area contributed by atoms with E-state index in [-0.39, 0.29) is 5.02 Å². The SMILES string of the molecule is O=C1[C@H]2[C@H](C(=O)N1c1cc(C(F)(F)F)ccc1Cl)[C@]1(c3ccc(Cl)cc3)C(=O)[C@@]2(c2ccc(Cl)cc2)C(c2ccccc2)=C1c1ccccc1. The van der Waals surface area contributed by atoms with Gasteiger partial charge in [-0.1, -0.05) is 120 Å². The van der Waals surface area contributed by atoms with Crippen molar-refractivity contribution in [1.29, 1.82) is 0 Å². The number of rotatable bonds is 5. The lowest BCUT2D eigenvalue weighted by molar-refractivity contribution is -0.137. The Morgan fingerprint density at radius 2 is 0.980 bits per heavy atom. The molecule has 2 aliphatic carbocycles. The summed E-state index contributed by atoms with van der Waals surface area (Å²) in [5.41, 5.74) is -1.90. The van der Waals surface area contributed by atoms with Gasteiger partial charge in [-0.2, -0.15) is 13.2 Å². The monoisotopic (exact) mass is 727 g/mol. The van der Waals surface area contributed by atoms with Crippen LogP contribution in [-0.2, 0) is 31.4 Å². The molecule has 1 saturated heterocycles. The maximum absolute atomic E-state index is 15.9. The lowest BCUT2D eigenvalue weighted by Crippen LogP contribution is -2.45. The fourth-order valence-corrected chi connectivity index (χ4v) is 8.91. The third-order valence-electron chi connectivity index (χ3n) is 10.2. The van der Waals surface area contributed by atoms with Crippen molar-refractivity contribution in [2.45, 2.75) is 17.0 Å². The fraction of sp³-hybridized carbons (Fsp3) is 0.125. The van der Waals surface area contributed by atoms with Gasteiger partial charge in [-0.3, -0.25) is 14.4 Å². The number of amides is 2. The average molecular weight is 729 g/mol. The Bertz CT molecular complexity index is 2130. The second-order valence-corrected chi connectivity index (χ2v) is 13.9. The molecule has 2 amide bonds. The summed E-state index contributed by atoms with van der Waals surface area (Å²) in [5.74, 6) is -4.80. The number of imide groups is 1. The normalized spacial score (nSPS) is 24.4. The van der Waals surface area contributed by atoms with Gasteiger partial charge in [0.2, 0.25) is 11.8 Å². The minimum atomic E-state index is -4.78. The number of carbonyl (C=O) groups excluding carboxylic acids is 3. The Morgan fingerprint density at radius 3 is 1.38 bits per heavy atom. The summed E-state index contributed by atoms with van der Waals surface area (Å²) in [6.07, 6.45) is -4.78. The number of Topliss-reactive ketones (excluding diaryl/α,β-unsaturated/α-hetero) is 1. The van der Waals surface area contributed by atoms with Crippen LogP contribution < -0.4 is 4.90 Å². The van der Waals surface area contributed by atoms with Gasteiger partial charge >= 0.3 is 6.18 Å². The predicted octanol–water partition coefficient (Wildman–Crippen LogP) is 9.85. The quantitative estimate of drug-likeness (QED) is 0.169. The van der Waals surface area contributed by atoms with Crippen LogP contribution in [0.4, 0.5) is 18.9 Å². The Kier molecular flexibility index (Phi) is 7.43. The van der Waals surface area contributed by atoms with Crippen LogP contribution in [0.15, 0.2) is 127 Å². The largest absolute Gasteiger partial charge is 0.416 e. The molecule has 1 saturated carbocycles. The zero-order chi connectivity index (χ0) is 35.2. The van der Waals surface area contributed by atoms with Crippen molar-refractivity contribution in [2.75, 3.05) is 4.90 Å². The second kappa shape index (κ2) is 11.4. The average Bonchev–Trinajstić information content (AvgIpc) is 3.61. The van der Waals surface area contributed by atoms with E-state index in [0.717, 1.165) is 17.0 Å². The van der Waals surface area contributed by atoms with Crippen LogP contribution in [0.1, 0.15) is 27.8 Å². The number of nitrogens with zero attached hydrogens (tertiary/aromatic N) is 1. The zero-order valence-corrected chi connectivity index (χ0v) is 28.0. The number of fused-ring (bicyclic) bond motifs is 5. The third-order valence-corrected chi connectivity index (χ3v) is 11.1. The summed E-state index contributed by atoms with van der Waals surface area (Å²) in [6, 6.07) is 34.0. The van der Waals surface area contributed by atoms with Crippen LogP contribution in [0.25, 0.3) is 11.1 Å². The van der Waals surface area contributed by atoms with Crippen LogP contribution in [0.3, 0.4) is 0 Å². The molecular formula is C40H23Cl3F3NO3. The van der Waals surface area contributed by atoms with Gasteiger partial charge < -0.3 is 0 Å². The summed E-state index contributed by atoms with van der Waals surface area (Å²) in [4.78, 5) is 46.9. The molecule has 1 aliphatic heterocycles. The van der Waals surface area contributed by atoms with Gasteiger partial charge in [0.05, 0.1) is 38.9 Å². The lowest BCUT2D eigenvalue weighted by Gasteiger charge is -2.39. The number of halogens is 6. The summed E-state index contributed by atoms with van der Waals surface area (Å²) in [7, 11) is 0. The predicted molar refractivity (Wildman–Crippen MR) is 187 cm³/mol. The van der Waals surface area contributed by atoms with E-state index in [1.807, 2.05) is 60.7 Å². The lowest BCUT2D eigenvalue weighted by atomic mass is 9.59. The molecule has 3 aliphatic rings. The van der Waals surface area contributed by atoms with E-state index in [0.29, 0.717) is 49.5 Å². The first-order chi connectivity index (χ1) is 23.9. The molecule has 0 aromatic heterocycles. The van der Waals surface area contributed by atoms with Gasteiger partial charge in [-0.15, -0.1) is 0 Å². The van der Waals surface area contributed by atoms with Crippen LogP contribution in [0, 0.1) is 11.8 Å². The molecule has 10 heteroatoms. The Hall–Kier alpha value is -4.69. The van der Waals surface area contributed by atoms with Gasteiger partial charge in [0.15, 0.2) is 5.78 Å². The molecule has 4 nitrogen and oxygen atoms in total. The van der Waals surface area contributed by atoms with Crippen molar-refractivity contribution in [1.82, 2.24) is 0 Å². The molecule has 5 aromatic rings. The molecule has 0 N–H and O–H groups in total. The molecule has 0 radical (unpaired) electrons. The van der Waals surface area contributed by atoms with Crippen molar-refractivity contribution in [3.8, 4) is 0 Å². The number of allylic oxidation sites excluding steroid dienone is 2. The molecule has 4 atom stereocenters. The van der Waals surface area contributed by atoms with Gasteiger partial charge in [0, 0.05) is 10.0 Å². The Morgan fingerprint density at radius 1 is 0.560 bits per heavy atom. The fourth-order valence-electron chi connectivity index (χ4n) is 8.46. The van der Waals surface area contributed by atoms with Gasteiger partial charge in [0.25, 0.3) is 0 Å². The summed E-state index contributed by atoms with van der Waals surface area (Å²) < 4.78 is 42.0. The van der Waals surface area contributed by atoms with E-state index in [1.165, 1.54) is 0 Å². The van der Waals surface area contributed by atoms with Gasteiger partial charge in [0.1, 0.15) is 0 Å². The molecule has 50 heavy (non-hydrogen) atoms. The highest BCUT2D eigenvalue weighted by molar-refractivity contribution is 6.41. The first kappa shape index (κ1) is 32.5. The summed E-state index contributed by atoms with van der Waals surface area (Å²) in [6.45, 7) is 0. The van der Waals surface area contributed by atoms with Crippen molar-refractivity contribution >= 4 is 69.2 Å². The van der Waals surface area contributed by atoms with E-state index >= 15 is 14.4 Å². The van der Waals surface area contributed by atoms with E-state index in [2.05, 4.69) is 0 Å². The number of anilines is 1. The van der Waals surface area contributed by atoms with E-state index in [1.54, 1.807) is 48.5 Å². The number of benzene rings is 5. The highest BCUT2D eigenvalue weighted by atomic mass is 35.5.